The van der Waals surface area contributed by atoms with E-state index in [9.17, 15) is 0 Å². The van der Waals surface area contributed by atoms with Gasteiger partial charge in [0.25, 0.3) is 0 Å². The van der Waals surface area contributed by atoms with Crippen LogP contribution in [0.1, 0.15) is 32.6 Å². The molecule has 0 bridgehead atoms. The van der Waals surface area contributed by atoms with Crippen molar-refractivity contribution in [2.45, 2.75) is 32.6 Å². The molecule has 0 aliphatic heterocycles. The molecule has 0 atom stereocenters. The Morgan fingerprint density at radius 2 is 2.18 bits per heavy atom. The first-order valence-corrected chi connectivity index (χ1v) is 6.67. The zero-order valence-corrected chi connectivity index (χ0v) is 10.9. The number of aromatic nitrogens is 2. The molecule has 1 aliphatic rings. The van der Waals surface area contributed by atoms with Crippen molar-refractivity contribution in [1.29, 1.82) is 0 Å². The topological polar surface area (TPSA) is 49.8 Å². The zero-order valence-electron chi connectivity index (χ0n) is 10.2. The SMILES string of the molecule is CCCNc1ncc(Cl)c(NCCC2CC2)n1. The Morgan fingerprint density at radius 1 is 1.35 bits per heavy atom. The molecule has 1 aromatic heterocycles. The van der Waals surface area contributed by atoms with Gasteiger partial charge in [-0.1, -0.05) is 31.4 Å². The largest absolute Gasteiger partial charge is 0.369 e. The van der Waals surface area contributed by atoms with Gasteiger partial charge in [-0.25, -0.2) is 4.98 Å². The molecule has 1 fully saturated rings. The minimum absolute atomic E-state index is 0.586. The fourth-order valence-electron chi connectivity index (χ4n) is 1.61. The van der Waals surface area contributed by atoms with E-state index in [0.717, 1.165) is 31.2 Å². The van der Waals surface area contributed by atoms with Gasteiger partial charge >= 0.3 is 0 Å². The van der Waals surface area contributed by atoms with Crippen LogP contribution in [0.5, 0.6) is 0 Å². The average molecular weight is 255 g/mol. The van der Waals surface area contributed by atoms with E-state index in [-0.39, 0.29) is 0 Å². The Balaban J connectivity index is 1.88. The van der Waals surface area contributed by atoms with Crippen LogP contribution in [0.3, 0.4) is 0 Å². The van der Waals surface area contributed by atoms with E-state index < -0.39 is 0 Å². The molecule has 0 unspecified atom stereocenters. The van der Waals surface area contributed by atoms with Gasteiger partial charge in [-0.15, -0.1) is 0 Å². The van der Waals surface area contributed by atoms with Crippen molar-refractivity contribution in [2.24, 2.45) is 5.92 Å². The Morgan fingerprint density at radius 3 is 2.88 bits per heavy atom. The molecule has 0 aromatic carbocycles. The maximum absolute atomic E-state index is 6.05. The summed E-state index contributed by atoms with van der Waals surface area (Å²) in [6.07, 6.45) is 6.66. The normalized spacial score (nSPS) is 14.7. The second kappa shape index (κ2) is 6.05. The van der Waals surface area contributed by atoms with E-state index in [1.807, 2.05) is 0 Å². The van der Waals surface area contributed by atoms with E-state index >= 15 is 0 Å². The minimum Gasteiger partial charge on any atom is -0.369 e. The highest BCUT2D eigenvalue weighted by molar-refractivity contribution is 6.32. The molecule has 94 valence electrons. The van der Waals surface area contributed by atoms with Crippen molar-refractivity contribution in [2.75, 3.05) is 23.7 Å². The summed E-state index contributed by atoms with van der Waals surface area (Å²) >= 11 is 6.05. The molecular weight excluding hydrogens is 236 g/mol. The lowest BCUT2D eigenvalue weighted by atomic mass is 10.3. The Bertz CT molecular complexity index is 366. The highest BCUT2D eigenvalue weighted by atomic mass is 35.5. The number of hydrogen-bond donors (Lipinski definition) is 2. The predicted octanol–water partition coefficient (Wildman–Crippen LogP) is 3.16. The molecule has 0 amide bonds. The van der Waals surface area contributed by atoms with Gasteiger partial charge in [-0.05, 0) is 18.8 Å². The minimum atomic E-state index is 0.586. The van der Waals surface area contributed by atoms with E-state index in [4.69, 9.17) is 11.6 Å². The first-order chi connectivity index (χ1) is 8.29. The highest BCUT2D eigenvalue weighted by Gasteiger charge is 2.20. The van der Waals surface area contributed by atoms with E-state index in [2.05, 4.69) is 27.5 Å². The maximum atomic E-state index is 6.05. The highest BCUT2D eigenvalue weighted by Crippen LogP contribution is 2.32. The van der Waals surface area contributed by atoms with Gasteiger partial charge in [0.05, 0.1) is 6.20 Å². The Kier molecular flexibility index (Phi) is 4.42. The summed E-state index contributed by atoms with van der Waals surface area (Å²) in [7, 11) is 0. The van der Waals surface area contributed by atoms with E-state index in [1.54, 1.807) is 6.20 Å². The van der Waals surface area contributed by atoms with Crippen LogP contribution in [0, 0.1) is 5.92 Å². The van der Waals surface area contributed by atoms with Crippen molar-refractivity contribution in [3.63, 3.8) is 0 Å². The fourth-order valence-corrected chi connectivity index (χ4v) is 1.77. The van der Waals surface area contributed by atoms with Crippen LogP contribution >= 0.6 is 11.6 Å². The summed E-state index contributed by atoms with van der Waals surface area (Å²) in [5.41, 5.74) is 0. The molecule has 1 aliphatic carbocycles. The van der Waals surface area contributed by atoms with Crippen LogP contribution in [0.4, 0.5) is 11.8 Å². The van der Waals surface area contributed by atoms with Crippen molar-refractivity contribution >= 4 is 23.4 Å². The zero-order chi connectivity index (χ0) is 12.1. The van der Waals surface area contributed by atoms with Crippen LogP contribution in [0.15, 0.2) is 6.20 Å². The lowest BCUT2D eigenvalue weighted by Gasteiger charge is -2.09. The van der Waals surface area contributed by atoms with Gasteiger partial charge in [0.1, 0.15) is 10.8 Å². The van der Waals surface area contributed by atoms with Crippen LogP contribution in [-0.2, 0) is 0 Å². The number of nitrogens with zero attached hydrogens (tertiary/aromatic N) is 2. The second-order valence-corrected chi connectivity index (χ2v) is 4.88. The lowest BCUT2D eigenvalue weighted by Crippen LogP contribution is -2.09. The monoisotopic (exact) mass is 254 g/mol. The average Bonchev–Trinajstić information content (AvgIpc) is 3.14. The van der Waals surface area contributed by atoms with Gasteiger partial charge in [-0.3, -0.25) is 0 Å². The smallest absolute Gasteiger partial charge is 0.224 e. The van der Waals surface area contributed by atoms with Crippen molar-refractivity contribution < 1.29 is 0 Å². The van der Waals surface area contributed by atoms with Crippen molar-refractivity contribution in [1.82, 2.24) is 9.97 Å². The third-order valence-corrected chi connectivity index (χ3v) is 3.10. The van der Waals surface area contributed by atoms with Gasteiger partial charge < -0.3 is 10.6 Å². The number of hydrogen-bond acceptors (Lipinski definition) is 4. The molecule has 1 aromatic rings. The van der Waals surface area contributed by atoms with Gasteiger partial charge in [0, 0.05) is 13.1 Å². The first-order valence-electron chi connectivity index (χ1n) is 6.30. The molecule has 4 nitrogen and oxygen atoms in total. The second-order valence-electron chi connectivity index (χ2n) is 4.48. The van der Waals surface area contributed by atoms with Gasteiger partial charge in [0.15, 0.2) is 0 Å². The summed E-state index contributed by atoms with van der Waals surface area (Å²) in [4.78, 5) is 8.50. The summed E-state index contributed by atoms with van der Waals surface area (Å²) in [5.74, 6) is 2.30. The predicted molar refractivity (Wildman–Crippen MR) is 71.7 cm³/mol. The molecule has 0 spiro atoms. The third-order valence-electron chi connectivity index (χ3n) is 2.82. The van der Waals surface area contributed by atoms with Gasteiger partial charge in [-0.2, -0.15) is 4.98 Å². The molecule has 2 rings (SSSR count). The lowest BCUT2D eigenvalue weighted by molar-refractivity contribution is 0.758. The quantitative estimate of drug-likeness (QED) is 0.785. The number of halogens is 1. The Hall–Kier alpha value is -1.03. The van der Waals surface area contributed by atoms with E-state index in [0.29, 0.717) is 11.0 Å². The van der Waals surface area contributed by atoms with Crippen molar-refractivity contribution in [3.8, 4) is 0 Å². The van der Waals surface area contributed by atoms with Crippen LogP contribution in [0.25, 0.3) is 0 Å². The summed E-state index contributed by atoms with van der Waals surface area (Å²) in [5, 5.41) is 7.02. The number of rotatable bonds is 7. The third kappa shape index (κ3) is 4.04. The molecule has 1 heterocycles. The van der Waals surface area contributed by atoms with Crippen molar-refractivity contribution in [3.05, 3.63) is 11.2 Å². The van der Waals surface area contributed by atoms with Gasteiger partial charge in [0.2, 0.25) is 5.95 Å². The van der Waals surface area contributed by atoms with E-state index in [1.165, 1.54) is 19.3 Å². The number of anilines is 2. The molecule has 5 heteroatoms. The summed E-state index contributed by atoms with van der Waals surface area (Å²) in [6, 6.07) is 0. The van der Waals surface area contributed by atoms with Crippen LogP contribution in [-0.4, -0.2) is 23.1 Å². The Labute approximate surface area is 107 Å². The summed E-state index contributed by atoms with van der Waals surface area (Å²) in [6.45, 7) is 3.93. The number of nitrogens with one attached hydrogen (secondary N) is 2. The van der Waals surface area contributed by atoms with Crippen LogP contribution < -0.4 is 10.6 Å². The maximum Gasteiger partial charge on any atom is 0.224 e. The first kappa shape index (κ1) is 12.4. The summed E-state index contributed by atoms with van der Waals surface area (Å²) < 4.78 is 0. The molecule has 1 saturated carbocycles. The molecule has 0 radical (unpaired) electrons. The van der Waals surface area contributed by atoms with Crippen LogP contribution in [0.2, 0.25) is 5.02 Å². The molecule has 17 heavy (non-hydrogen) atoms. The molecular formula is C12H19ClN4. The standard InChI is InChI=1S/C12H19ClN4/c1-2-6-15-12-16-8-10(13)11(17-12)14-7-5-9-3-4-9/h8-9H,2-7H2,1H3,(H2,14,15,16,17). The molecule has 0 saturated heterocycles. The molecule has 2 N–H and O–H groups in total. The fraction of sp³-hybridized carbons (Fsp3) is 0.667.